The van der Waals surface area contributed by atoms with Crippen LogP contribution in [0.3, 0.4) is 0 Å². The van der Waals surface area contributed by atoms with Crippen molar-refractivity contribution in [1.82, 2.24) is 0 Å². The quantitative estimate of drug-likeness (QED) is 0.635. The maximum atomic E-state index is 12.6. The molecule has 0 saturated carbocycles. The third-order valence-corrected chi connectivity index (χ3v) is 2.56. The zero-order chi connectivity index (χ0) is 11.3. The van der Waals surface area contributed by atoms with E-state index < -0.39 is 0 Å². The van der Waals surface area contributed by atoms with Crippen molar-refractivity contribution < 1.29 is 4.39 Å². The van der Waals surface area contributed by atoms with Gasteiger partial charge in [-0.1, -0.05) is 39.3 Å². The molecule has 0 nitrogen and oxygen atoms in total. The van der Waals surface area contributed by atoms with Gasteiger partial charge in [0, 0.05) is 0 Å². The Morgan fingerprint density at radius 2 is 1.60 bits per heavy atom. The molecule has 1 aromatic rings. The lowest BCUT2D eigenvalue weighted by molar-refractivity contribution is 0.360. The molecule has 0 aromatic heterocycles. The molecule has 0 aliphatic carbocycles. The highest BCUT2D eigenvalue weighted by molar-refractivity contribution is 5.15. The van der Waals surface area contributed by atoms with E-state index in [9.17, 15) is 4.39 Å². The first kappa shape index (κ1) is 12.2. The van der Waals surface area contributed by atoms with Crippen LogP contribution in [0.4, 0.5) is 4.39 Å². The van der Waals surface area contributed by atoms with Gasteiger partial charge >= 0.3 is 0 Å². The summed E-state index contributed by atoms with van der Waals surface area (Å²) < 4.78 is 12.6. The summed E-state index contributed by atoms with van der Waals surface area (Å²) in [7, 11) is 0. The van der Waals surface area contributed by atoms with Crippen LogP contribution in [0.1, 0.15) is 45.6 Å². The lowest BCUT2D eigenvalue weighted by Crippen LogP contribution is -2.04. The van der Waals surface area contributed by atoms with E-state index in [1.807, 2.05) is 12.1 Å². The molecule has 0 fully saturated rings. The van der Waals surface area contributed by atoms with Crippen LogP contribution in [0.5, 0.6) is 0 Å². The molecular formula is C14H21F. The topological polar surface area (TPSA) is 0 Å². The predicted molar refractivity (Wildman–Crippen MR) is 63.4 cm³/mol. The lowest BCUT2D eigenvalue weighted by atomic mass is 9.89. The van der Waals surface area contributed by atoms with Crippen molar-refractivity contribution in [3.8, 4) is 0 Å². The molecule has 1 aromatic carbocycles. The van der Waals surface area contributed by atoms with Crippen LogP contribution in [0.2, 0.25) is 0 Å². The highest BCUT2D eigenvalue weighted by Gasteiger charge is 2.08. The third kappa shape index (κ3) is 5.56. The zero-order valence-electron chi connectivity index (χ0n) is 10.0. The van der Waals surface area contributed by atoms with E-state index in [4.69, 9.17) is 0 Å². The molecule has 15 heavy (non-hydrogen) atoms. The maximum absolute atomic E-state index is 12.6. The average Bonchev–Trinajstić information content (AvgIpc) is 2.14. The lowest BCUT2D eigenvalue weighted by Gasteiger charge is -2.17. The van der Waals surface area contributed by atoms with Gasteiger partial charge in [0.05, 0.1) is 0 Å². The van der Waals surface area contributed by atoms with Gasteiger partial charge in [-0.05, 0) is 42.4 Å². The summed E-state index contributed by atoms with van der Waals surface area (Å²) in [6.45, 7) is 6.81. The Hall–Kier alpha value is -0.850. The molecule has 84 valence electrons. The van der Waals surface area contributed by atoms with Gasteiger partial charge in [0.15, 0.2) is 0 Å². The molecule has 1 heteroatoms. The molecule has 0 unspecified atom stereocenters. The van der Waals surface area contributed by atoms with E-state index >= 15 is 0 Å². The van der Waals surface area contributed by atoms with Gasteiger partial charge in [0.25, 0.3) is 0 Å². The van der Waals surface area contributed by atoms with E-state index in [1.165, 1.54) is 24.8 Å². The fraction of sp³-hybridized carbons (Fsp3) is 0.571. The molecule has 0 radical (unpaired) electrons. The first-order valence-corrected chi connectivity index (χ1v) is 5.72. The van der Waals surface area contributed by atoms with Gasteiger partial charge in [-0.15, -0.1) is 0 Å². The number of unbranched alkanes of at least 4 members (excludes halogenated alkanes) is 1. The van der Waals surface area contributed by atoms with Crippen molar-refractivity contribution in [2.75, 3.05) is 0 Å². The number of benzene rings is 1. The zero-order valence-corrected chi connectivity index (χ0v) is 10.0. The highest BCUT2D eigenvalue weighted by atomic mass is 19.1. The minimum Gasteiger partial charge on any atom is -0.207 e. The molecule has 0 heterocycles. The van der Waals surface area contributed by atoms with Crippen molar-refractivity contribution in [2.45, 2.75) is 46.5 Å². The summed E-state index contributed by atoms with van der Waals surface area (Å²) in [4.78, 5) is 0. The first-order chi connectivity index (χ1) is 6.97. The molecule has 0 aliphatic heterocycles. The van der Waals surface area contributed by atoms with Crippen LogP contribution in [0.15, 0.2) is 24.3 Å². The van der Waals surface area contributed by atoms with Crippen LogP contribution in [-0.4, -0.2) is 0 Å². The van der Waals surface area contributed by atoms with E-state index in [0.717, 1.165) is 6.42 Å². The Labute approximate surface area is 92.5 Å². The predicted octanol–water partition coefficient (Wildman–Crippen LogP) is 4.58. The van der Waals surface area contributed by atoms with Crippen molar-refractivity contribution in [3.63, 3.8) is 0 Å². The second-order valence-corrected chi connectivity index (χ2v) is 5.39. The molecule has 0 spiro atoms. The van der Waals surface area contributed by atoms with Crippen molar-refractivity contribution in [2.24, 2.45) is 5.41 Å². The SMILES string of the molecule is CC(C)(C)CCCCc1ccc(F)cc1. The van der Waals surface area contributed by atoms with Crippen LogP contribution < -0.4 is 0 Å². The molecule has 1 rings (SSSR count). The Morgan fingerprint density at radius 3 is 2.13 bits per heavy atom. The highest BCUT2D eigenvalue weighted by Crippen LogP contribution is 2.22. The normalized spacial score (nSPS) is 11.7. The molecule has 0 atom stereocenters. The number of hydrogen-bond acceptors (Lipinski definition) is 0. The van der Waals surface area contributed by atoms with Crippen LogP contribution in [-0.2, 0) is 6.42 Å². The standard InChI is InChI=1S/C14H21F/c1-14(2,3)11-5-4-6-12-7-9-13(15)10-8-12/h7-10H,4-6,11H2,1-3H3. The first-order valence-electron chi connectivity index (χ1n) is 5.72. The summed E-state index contributed by atoms with van der Waals surface area (Å²) >= 11 is 0. The van der Waals surface area contributed by atoms with Crippen LogP contribution >= 0.6 is 0 Å². The Kier molecular flexibility index (Phi) is 4.31. The van der Waals surface area contributed by atoms with Gasteiger partial charge in [-0.3, -0.25) is 0 Å². The summed E-state index contributed by atoms with van der Waals surface area (Å²) in [6.07, 6.45) is 4.77. The molecule has 0 N–H and O–H groups in total. The van der Waals surface area contributed by atoms with Gasteiger partial charge in [0.2, 0.25) is 0 Å². The fourth-order valence-corrected chi connectivity index (χ4v) is 1.64. The van der Waals surface area contributed by atoms with E-state index in [1.54, 1.807) is 12.1 Å². The molecule has 0 saturated heterocycles. The monoisotopic (exact) mass is 208 g/mol. The minimum atomic E-state index is -0.145. The fourth-order valence-electron chi connectivity index (χ4n) is 1.64. The summed E-state index contributed by atoms with van der Waals surface area (Å²) in [5, 5.41) is 0. The molecule has 0 bridgehead atoms. The molecule has 0 amide bonds. The van der Waals surface area contributed by atoms with E-state index in [-0.39, 0.29) is 5.82 Å². The minimum absolute atomic E-state index is 0.145. The largest absolute Gasteiger partial charge is 0.207 e. The van der Waals surface area contributed by atoms with Crippen LogP contribution in [0.25, 0.3) is 0 Å². The molecule has 0 aliphatic rings. The number of halogens is 1. The molecular weight excluding hydrogens is 187 g/mol. The smallest absolute Gasteiger partial charge is 0.123 e. The van der Waals surface area contributed by atoms with Crippen molar-refractivity contribution in [1.29, 1.82) is 0 Å². The van der Waals surface area contributed by atoms with Crippen molar-refractivity contribution in [3.05, 3.63) is 35.6 Å². The number of hydrogen-bond donors (Lipinski definition) is 0. The second kappa shape index (κ2) is 5.29. The number of rotatable bonds is 4. The Bertz CT molecular complexity index is 279. The number of aryl methyl sites for hydroxylation is 1. The van der Waals surface area contributed by atoms with Gasteiger partial charge in [-0.25, -0.2) is 4.39 Å². The summed E-state index contributed by atoms with van der Waals surface area (Å²) in [6, 6.07) is 6.84. The van der Waals surface area contributed by atoms with Gasteiger partial charge in [-0.2, -0.15) is 0 Å². The van der Waals surface area contributed by atoms with Crippen molar-refractivity contribution >= 4 is 0 Å². The van der Waals surface area contributed by atoms with Gasteiger partial charge < -0.3 is 0 Å². The Morgan fingerprint density at radius 1 is 1.00 bits per heavy atom. The van der Waals surface area contributed by atoms with E-state index in [0.29, 0.717) is 5.41 Å². The van der Waals surface area contributed by atoms with E-state index in [2.05, 4.69) is 20.8 Å². The third-order valence-electron chi connectivity index (χ3n) is 2.56. The second-order valence-electron chi connectivity index (χ2n) is 5.39. The maximum Gasteiger partial charge on any atom is 0.123 e. The average molecular weight is 208 g/mol. The summed E-state index contributed by atoms with van der Waals surface area (Å²) in [5.41, 5.74) is 1.67. The summed E-state index contributed by atoms with van der Waals surface area (Å²) in [5.74, 6) is -0.145. The van der Waals surface area contributed by atoms with Gasteiger partial charge in [0.1, 0.15) is 5.82 Å². The Balaban J connectivity index is 2.23. The van der Waals surface area contributed by atoms with Crippen LogP contribution in [0, 0.1) is 11.2 Å².